The highest BCUT2D eigenvalue weighted by atomic mass is 16.6. The predicted molar refractivity (Wildman–Crippen MR) is 77.1 cm³/mol. The van der Waals surface area contributed by atoms with Crippen LogP contribution in [0, 0.1) is 5.41 Å². The zero-order chi connectivity index (χ0) is 14.4. The minimum atomic E-state index is -0.359. The van der Waals surface area contributed by atoms with Crippen molar-refractivity contribution in [3.8, 4) is 0 Å². The maximum absolute atomic E-state index is 12.3. The van der Waals surface area contributed by atoms with Gasteiger partial charge in [-0.05, 0) is 65.2 Å². The fourth-order valence-corrected chi connectivity index (χ4v) is 2.60. The van der Waals surface area contributed by atoms with Crippen LogP contribution in [0.2, 0.25) is 0 Å². The third-order valence-electron chi connectivity index (χ3n) is 4.49. The molecule has 0 bridgehead atoms. The zero-order valence-electron chi connectivity index (χ0n) is 13.1. The summed E-state index contributed by atoms with van der Waals surface area (Å²) >= 11 is 0. The van der Waals surface area contributed by atoms with Gasteiger partial charge in [-0.1, -0.05) is 6.92 Å². The van der Waals surface area contributed by atoms with Gasteiger partial charge in [-0.3, -0.25) is 4.79 Å². The monoisotopic (exact) mass is 270 g/mol. The highest BCUT2D eigenvalue weighted by Crippen LogP contribution is 2.39. The molecule has 3 heteroatoms. The second kappa shape index (κ2) is 7.28. The van der Waals surface area contributed by atoms with Gasteiger partial charge in [-0.2, -0.15) is 0 Å². The summed E-state index contributed by atoms with van der Waals surface area (Å²) in [5.74, 6) is -0.0244. The van der Waals surface area contributed by atoms with E-state index in [1.165, 1.54) is 12.8 Å². The average Bonchev–Trinajstić information content (AvgIpc) is 2.83. The summed E-state index contributed by atoms with van der Waals surface area (Å²) < 4.78 is 11.0. The largest absolute Gasteiger partial charge is 0.459 e. The Labute approximate surface area is 118 Å². The van der Waals surface area contributed by atoms with E-state index in [0.717, 1.165) is 45.1 Å². The number of unbranched alkanes of at least 4 members (excludes halogenated alkanes) is 1. The molecule has 0 aromatic rings. The summed E-state index contributed by atoms with van der Waals surface area (Å²) in [4.78, 5) is 12.3. The number of hydrogen-bond acceptors (Lipinski definition) is 3. The van der Waals surface area contributed by atoms with Gasteiger partial charge in [0.2, 0.25) is 0 Å². The maximum atomic E-state index is 12.3. The molecule has 0 heterocycles. The second-order valence-corrected chi connectivity index (χ2v) is 6.47. The molecule has 0 amide bonds. The van der Waals surface area contributed by atoms with Crippen molar-refractivity contribution in [2.45, 2.75) is 77.7 Å². The molecule has 0 aromatic heterocycles. The van der Waals surface area contributed by atoms with Crippen molar-refractivity contribution in [2.24, 2.45) is 5.41 Å². The van der Waals surface area contributed by atoms with E-state index < -0.39 is 0 Å². The first-order chi connectivity index (χ1) is 8.96. The van der Waals surface area contributed by atoms with Gasteiger partial charge in [0.1, 0.15) is 5.60 Å². The van der Waals surface area contributed by atoms with Crippen LogP contribution in [-0.2, 0) is 14.3 Å². The zero-order valence-corrected chi connectivity index (χ0v) is 13.1. The molecule has 0 radical (unpaired) electrons. The summed E-state index contributed by atoms with van der Waals surface area (Å²) in [6.07, 6.45) is 8.37. The number of ether oxygens (including phenoxy) is 2. The number of methoxy groups -OCH3 is 1. The number of carbonyl (C=O) groups excluding carboxylic acids is 1. The van der Waals surface area contributed by atoms with Crippen LogP contribution in [0.1, 0.15) is 72.1 Å². The fraction of sp³-hybridized carbons (Fsp3) is 0.938. The lowest BCUT2D eigenvalue weighted by molar-refractivity contribution is -0.171. The van der Waals surface area contributed by atoms with Crippen LogP contribution in [0.25, 0.3) is 0 Å². The normalized spacial score (nSPS) is 18.5. The number of carbonyl (C=O) groups is 1. The summed E-state index contributed by atoms with van der Waals surface area (Å²) in [5.41, 5.74) is -0.542. The van der Waals surface area contributed by atoms with Gasteiger partial charge in [0, 0.05) is 13.7 Å². The lowest BCUT2D eigenvalue weighted by atomic mass is 9.89. The van der Waals surface area contributed by atoms with Gasteiger partial charge in [-0.25, -0.2) is 0 Å². The highest BCUT2D eigenvalue weighted by Gasteiger charge is 2.40. The third kappa shape index (κ3) is 4.79. The summed E-state index contributed by atoms with van der Waals surface area (Å²) in [7, 11) is 1.73. The Balaban J connectivity index is 2.54. The quantitative estimate of drug-likeness (QED) is 0.492. The van der Waals surface area contributed by atoms with Gasteiger partial charge < -0.3 is 9.47 Å². The lowest BCUT2D eigenvalue weighted by Crippen LogP contribution is -2.37. The van der Waals surface area contributed by atoms with Crippen LogP contribution < -0.4 is 0 Å². The van der Waals surface area contributed by atoms with Crippen molar-refractivity contribution in [1.29, 1.82) is 0 Å². The van der Waals surface area contributed by atoms with E-state index in [9.17, 15) is 4.79 Å². The summed E-state index contributed by atoms with van der Waals surface area (Å²) in [5, 5.41) is 0. The smallest absolute Gasteiger partial charge is 0.312 e. The minimum absolute atomic E-state index is 0.0244. The number of rotatable bonds is 8. The van der Waals surface area contributed by atoms with Gasteiger partial charge >= 0.3 is 5.97 Å². The average molecular weight is 270 g/mol. The molecule has 112 valence electrons. The fourth-order valence-electron chi connectivity index (χ4n) is 2.60. The van der Waals surface area contributed by atoms with Crippen molar-refractivity contribution in [3.05, 3.63) is 0 Å². The Morgan fingerprint density at radius 1 is 1.21 bits per heavy atom. The van der Waals surface area contributed by atoms with Crippen molar-refractivity contribution in [1.82, 2.24) is 0 Å². The molecule has 0 unspecified atom stereocenters. The van der Waals surface area contributed by atoms with Crippen LogP contribution in [0.3, 0.4) is 0 Å². The molecule has 0 aliphatic heterocycles. The van der Waals surface area contributed by atoms with E-state index >= 15 is 0 Å². The first kappa shape index (κ1) is 16.5. The first-order valence-electron chi connectivity index (χ1n) is 7.68. The van der Waals surface area contributed by atoms with Gasteiger partial charge in [0.05, 0.1) is 5.41 Å². The van der Waals surface area contributed by atoms with Crippen molar-refractivity contribution in [3.63, 3.8) is 0 Å². The van der Waals surface area contributed by atoms with Crippen LogP contribution >= 0.6 is 0 Å². The van der Waals surface area contributed by atoms with E-state index in [4.69, 9.17) is 9.47 Å². The Bertz CT molecular complexity index is 278. The molecule has 1 rings (SSSR count). The topological polar surface area (TPSA) is 35.5 Å². The predicted octanol–water partition coefficient (Wildman–Crippen LogP) is 4.10. The number of esters is 1. The Morgan fingerprint density at radius 2 is 1.84 bits per heavy atom. The lowest BCUT2D eigenvalue weighted by Gasteiger charge is -2.33. The van der Waals surface area contributed by atoms with E-state index in [2.05, 4.69) is 0 Å². The van der Waals surface area contributed by atoms with Crippen LogP contribution in [-0.4, -0.2) is 25.3 Å². The van der Waals surface area contributed by atoms with Gasteiger partial charge in [-0.15, -0.1) is 0 Å². The molecule has 0 atom stereocenters. The molecule has 1 aliphatic rings. The van der Waals surface area contributed by atoms with Crippen molar-refractivity contribution >= 4 is 5.97 Å². The first-order valence-corrected chi connectivity index (χ1v) is 7.68. The van der Waals surface area contributed by atoms with E-state index in [1.807, 2.05) is 20.8 Å². The van der Waals surface area contributed by atoms with Crippen LogP contribution in [0.5, 0.6) is 0 Å². The maximum Gasteiger partial charge on any atom is 0.312 e. The Hall–Kier alpha value is -0.570. The van der Waals surface area contributed by atoms with E-state index in [-0.39, 0.29) is 17.0 Å². The summed E-state index contributed by atoms with van der Waals surface area (Å²) in [6.45, 7) is 6.79. The Morgan fingerprint density at radius 3 is 2.37 bits per heavy atom. The third-order valence-corrected chi connectivity index (χ3v) is 4.49. The SMILES string of the molecule is CCC(C)(C)C(=O)OC1(CCCCOC)CCCC1. The summed E-state index contributed by atoms with van der Waals surface area (Å²) in [6, 6.07) is 0. The van der Waals surface area contributed by atoms with Gasteiger partial charge in [0.25, 0.3) is 0 Å². The second-order valence-electron chi connectivity index (χ2n) is 6.47. The van der Waals surface area contributed by atoms with Crippen molar-refractivity contribution in [2.75, 3.05) is 13.7 Å². The number of hydrogen-bond donors (Lipinski definition) is 0. The molecule has 1 saturated carbocycles. The minimum Gasteiger partial charge on any atom is -0.459 e. The molecule has 19 heavy (non-hydrogen) atoms. The highest BCUT2D eigenvalue weighted by molar-refractivity contribution is 5.76. The molecular weight excluding hydrogens is 240 g/mol. The van der Waals surface area contributed by atoms with E-state index in [0.29, 0.717) is 0 Å². The molecule has 0 saturated heterocycles. The Kier molecular flexibility index (Phi) is 6.31. The molecule has 0 aromatic carbocycles. The molecule has 1 aliphatic carbocycles. The van der Waals surface area contributed by atoms with Gasteiger partial charge in [0.15, 0.2) is 0 Å². The van der Waals surface area contributed by atoms with Crippen LogP contribution in [0.4, 0.5) is 0 Å². The van der Waals surface area contributed by atoms with Crippen molar-refractivity contribution < 1.29 is 14.3 Å². The standard InChI is InChI=1S/C16H30O3/c1-5-15(2,3)14(17)19-16(10-6-7-11-16)12-8-9-13-18-4/h5-13H2,1-4H3. The molecule has 0 N–H and O–H groups in total. The molecular formula is C16H30O3. The molecule has 0 spiro atoms. The molecule has 3 nitrogen and oxygen atoms in total. The van der Waals surface area contributed by atoms with E-state index in [1.54, 1.807) is 7.11 Å². The molecule has 1 fully saturated rings. The van der Waals surface area contributed by atoms with Crippen LogP contribution in [0.15, 0.2) is 0 Å².